The fraction of sp³-hybridized carbons (Fsp3) is 0.316. The van der Waals surface area contributed by atoms with Crippen molar-refractivity contribution >= 4 is 55.8 Å². The molecule has 4 nitrogen and oxygen atoms in total. The Balaban J connectivity index is 1.83. The number of rotatable bonds is 6. The van der Waals surface area contributed by atoms with Gasteiger partial charge >= 0.3 is 5.97 Å². The van der Waals surface area contributed by atoms with Crippen LogP contribution in [0.3, 0.4) is 0 Å². The first-order chi connectivity index (χ1) is 12.0. The molecule has 0 fully saturated rings. The molecule has 0 radical (unpaired) electrons. The normalized spacial score (nSPS) is 12.8. The lowest BCUT2D eigenvalue weighted by Crippen LogP contribution is -2.34. The zero-order valence-corrected chi connectivity index (χ0v) is 16.7. The summed E-state index contributed by atoms with van der Waals surface area (Å²) in [5, 5.41) is 2.14. The van der Waals surface area contributed by atoms with Crippen molar-refractivity contribution in [1.82, 2.24) is 4.72 Å². The lowest BCUT2D eigenvalue weighted by atomic mass is 10.1. The smallest absolute Gasteiger partial charge is 0.323 e. The summed E-state index contributed by atoms with van der Waals surface area (Å²) in [5.41, 5.74) is 1.70. The number of carbonyl (C=O) groups excluding carboxylic acids is 1. The number of fused-ring (bicyclic) bond motifs is 3. The van der Waals surface area contributed by atoms with E-state index in [4.69, 9.17) is 9.15 Å². The number of benzene rings is 2. The maximum absolute atomic E-state index is 11.9. The minimum Gasteiger partial charge on any atom is -0.468 e. The highest BCUT2D eigenvalue weighted by Gasteiger charge is 2.20. The molecule has 3 aromatic rings. The van der Waals surface area contributed by atoms with Crippen LogP contribution >= 0.6 is 27.9 Å². The SMILES string of the molecule is COC(=O)C(CC(C)C)NSc1ccc2oc3cc(Br)ccc3c2c1. The minimum absolute atomic E-state index is 0.235. The van der Waals surface area contributed by atoms with Crippen molar-refractivity contribution in [2.75, 3.05) is 7.11 Å². The van der Waals surface area contributed by atoms with Gasteiger partial charge in [-0.25, -0.2) is 4.72 Å². The molecule has 0 aliphatic carbocycles. The van der Waals surface area contributed by atoms with Gasteiger partial charge in [-0.3, -0.25) is 4.79 Å². The van der Waals surface area contributed by atoms with Gasteiger partial charge in [-0.05, 0) is 60.7 Å². The lowest BCUT2D eigenvalue weighted by Gasteiger charge is -2.17. The maximum atomic E-state index is 11.9. The molecule has 1 aromatic heterocycles. The van der Waals surface area contributed by atoms with Gasteiger partial charge in [0.25, 0.3) is 0 Å². The first-order valence-electron chi connectivity index (χ1n) is 8.10. The highest BCUT2D eigenvalue weighted by atomic mass is 79.9. The first kappa shape index (κ1) is 18.3. The van der Waals surface area contributed by atoms with Crippen LogP contribution in [0.25, 0.3) is 21.9 Å². The van der Waals surface area contributed by atoms with Crippen molar-refractivity contribution in [3.63, 3.8) is 0 Å². The summed E-state index contributed by atoms with van der Waals surface area (Å²) in [7, 11) is 1.42. The van der Waals surface area contributed by atoms with Gasteiger partial charge in [-0.2, -0.15) is 0 Å². The lowest BCUT2D eigenvalue weighted by molar-refractivity contribution is -0.142. The molecule has 6 heteroatoms. The summed E-state index contributed by atoms with van der Waals surface area (Å²) in [6.45, 7) is 4.17. The molecular formula is C19H20BrNO3S. The van der Waals surface area contributed by atoms with Crippen LogP contribution < -0.4 is 4.72 Å². The molecule has 0 saturated heterocycles. The van der Waals surface area contributed by atoms with Crippen LogP contribution in [-0.4, -0.2) is 19.1 Å². The topological polar surface area (TPSA) is 51.5 Å². The molecule has 0 saturated carbocycles. The van der Waals surface area contributed by atoms with Crippen molar-refractivity contribution in [2.24, 2.45) is 5.92 Å². The molecule has 1 unspecified atom stereocenters. The average molecular weight is 422 g/mol. The second-order valence-corrected chi connectivity index (χ2v) is 8.15. The fourth-order valence-electron chi connectivity index (χ4n) is 2.74. The van der Waals surface area contributed by atoms with Crippen LogP contribution in [0.2, 0.25) is 0 Å². The second kappa shape index (κ2) is 7.81. The number of halogens is 1. The van der Waals surface area contributed by atoms with Gasteiger partial charge in [0.1, 0.15) is 17.2 Å². The van der Waals surface area contributed by atoms with Gasteiger partial charge in [-0.1, -0.05) is 29.8 Å². The molecule has 0 aliphatic rings. The largest absolute Gasteiger partial charge is 0.468 e. The fourth-order valence-corrected chi connectivity index (χ4v) is 3.86. The van der Waals surface area contributed by atoms with Crippen molar-refractivity contribution < 1.29 is 13.9 Å². The van der Waals surface area contributed by atoms with E-state index in [1.165, 1.54) is 19.1 Å². The van der Waals surface area contributed by atoms with Crippen molar-refractivity contribution in [2.45, 2.75) is 31.2 Å². The van der Waals surface area contributed by atoms with E-state index < -0.39 is 0 Å². The number of hydrogen-bond acceptors (Lipinski definition) is 5. The molecule has 0 aliphatic heterocycles. The Hall–Kier alpha value is -1.50. The number of esters is 1. The number of ether oxygens (including phenoxy) is 1. The van der Waals surface area contributed by atoms with Gasteiger partial charge in [-0.15, -0.1) is 0 Å². The monoisotopic (exact) mass is 421 g/mol. The zero-order valence-electron chi connectivity index (χ0n) is 14.3. The Morgan fingerprint density at radius 3 is 2.72 bits per heavy atom. The number of furan rings is 1. The van der Waals surface area contributed by atoms with Crippen molar-refractivity contribution in [1.29, 1.82) is 0 Å². The standard InChI is InChI=1S/C19H20BrNO3S/c1-11(2)8-16(19(22)23-3)21-25-13-5-7-17-15(10-13)14-6-4-12(20)9-18(14)24-17/h4-7,9-11,16,21H,8H2,1-3H3. The molecule has 1 atom stereocenters. The maximum Gasteiger partial charge on any atom is 0.323 e. The first-order valence-corrected chi connectivity index (χ1v) is 9.71. The molecule has 0 amide bonds. The summed E-state index contributed by atoms with van der Waals surface area (Å²) in [6, 6.07) is 11.7. The van der Waals surface area contributed by atoms with Crippen LogP contribution in [0.15, 0.2) is 50.2 Å². The van der Waals surface area contributed by atoms with Gasteiger partial charge in [0.2, 0.25) is 0 Å². The molecule has 132 valence electrons. The summed E-state index contributed by atoms with van der Waals surface area (Å²) < 4.78 is 15.0. The van der Waals surface area contributed by atoms with Gasteiger partial charge in [0.15, 0.2) is 0 Å². The number of hydrogen-bond donors (Lipinski definition) is 1. The van der Waals surface area contributed by atoms with E-state index in [2.05, 4.69) is 40.6 Å². The molecule has 0 spiro atoms. The highest BCUT2D eigenvalue weighted by Crippen LogP contribution is 2.33. The quantitative estimate of drug-likeness (QED) is 0.418. The third-order valence-corrected chi connectivity index (χ3v) is 5.30. The average Bonchev–Trinajstić information content (AvgIpc) is 2.94. The van der Waals surface area contributed by atoms with Crippen molar-refractivity contribution in [3.05, 3.63) is 40.9 Å². The van der Waals surface area contributed by atoms with E-state index in [-0.39, 0.29) is 12.0 Å². The van der Waals surface area contributed by atoms with Crippen LogP contribution in [0, 0.1) is 5.92 Å². The van der Waals surface area contributed by atoms with Gasteiger partial charge < -0.3 is 9.15 Å². The molecule has 2 aromatic carbocycles. The zero-order chi connectivity index (χ0) is 18.0. The number of methoxy groups -OCH3 is 1. The Kier molecular flexibility index (Phi) is 5.71. The number of nitrogens with one attached hydrogen (secondary N) is 1. The predicted octanol–water partition coefficient (Wildman–Crippen LogP) is 5.53. The predicted molar refractivity (Wildman–Crippen MR) is 106 cm³/mol. The van der Waals surface area contributed by atoms with E-state index in [0.717, 1.165) is 37.7 Å². The van der Waals surface area contributed by atoms with Crippen LogP contribution in [0.4, 0.5) is 0 Å². The molecule has 1 heterocycles. The second-order valence-electron chi connectivity index (χ2n) is 6.33. The Bertz CT molecular complexity index is 906. The Labute approximate surface area is 159 Å². The minimum atomic E-state index is -0.331. The van der Waals surface area contributed by atoms with E-state index in [1.54, 1.807) is 0 Å². The number of carbonyl (C=O) groups is 1. The highest BCUT2D eigenvalue weighted by molar-refractivity contribution is 9.10. The van der Waals surface area contributed by atoms with Gasteiger partial charge in [0, 0.05) is 20.1 Å². The Morgan fingerprint density at radius 2 is 2.00 bits per heavy atom. The third kappa shape index (κ3) is 4.19. The molecule has 1 N–H and O–H groups in total. The summed E-state index contributed by atoms with van der Waals surface area (Å²) in [6.07, 6.45) is 0.727. The molecule has 25 heavy (non-hydrogen) atoms. The third-order valence-electron chi connectivity index (χ3n) is 3.92. The Morgan fingerprint density at radius 1 is 1.20 bits per heavy atom. The van der Waals surface area contributed by atoms with Crippen molar-refractivity contribution in [3.8, 4) is 0 Å². The van der Waals surface area contributed by atoms with E-state index >= 15 is 0 Å². The van der Waals surface area contributed by atoms with Crippen LogP contribution in [0.1, 0.15) is 20.3 Å². The molecular weight excluding hydrogens is 402 g/mol. The summed E-state index contributed by atoms with van der Waals surface area (Å²) >= 11 is 4.91. The summed E-state index contributed by atoms with van der Waals surface area (Å²) in [4.78, 5) is 13.0. The van der Waals surface area contributed by atoms with E-state index in [1.807, 2.05) is 30.3 Å². The summed E-state index contributed by atoms with van der Waals surface area (Å²) in [5.74, 6) is 0.164. The molecule has 0 bridgehead atoms. The van der Waals surface area contributed by atoms with Crippen LogP contribution in [-0.2, 0) is 9.53 Å². The van der Waals surface area contributed by atoms with Crippen LogP contribution in [0.5, 0.6) is 0 Å². The van der Waals surface area contributed by atoms with E-state index in [9.17, 15) is 4.79 Å². The van der Waals surface area contributed by atoms with E-state index in [0.29, 0.717) is 5.92 Å². The molecule has 3 rings (SSSR count). The van der Waals surface area contributed by atoms with Gasteiger partial charge in [0.05, 0.1) is 7.11 Å².